The molecule has 2 rings (SSSR count). The van der Waals surface area contributed by atoms with Crippen LogP contribution in [0.25, 0.3) is 0 Å². The first-order valence-electron chi connectivity index (χ1n) is 7.43. The molecular formula is C16H20BrN3O3. The number of hydrogen-bond donors (Lipinski definition) is 0. The van der Waals surface area contributed by atoms with Crippen molar-refractivity contribution < 1.29 is 14.4 Å². The van der Waals surface area contributed by atoms with E-state index in [2.05, 4.69) is 15.9 Å². The quantitative estimate of drug-likeness (QED) is 0.740. The zero-order chi connectivity index (χ0) is 17.0. The fraction of sp³-hybridized carbons (Fsp3) is 0.438. The highest BCUT2D eigenvalue weighted by Gasteiger charge is 2.24. The minimum Gasteiger partial charge on any atom is -0.342 e. The average molecular weight is 382 g/mol. The van der Waals surface area contributed by atoms with Crippen molar-refractivity contribution in [1.29, 1.82) is 0 Å². The molecule has 1 saturated heterocycles. The average Bonchev–Trinajstić information content (AvgIpc) is 2.53. The van der Waals surface area contributed by atoms with Crippen molar-refractivity contribution in [2.45, 2.75) is 13.8 Å². The lowest BCUT2D eigenvalue weighted by atomic mass is 10.1. The molecule has 0 spiro atoms. The number of anilines is 1. The number of halogens is 1. The van der Waals surface area contributed by atoms with Crippen molar-refractivity contribution in [3.63, 3.8) is 0 Å². The number of benzene rings is 1. The van der Waals surface area contributed by atoms with Crippen LogP contribution < -0.4 is 4.90 Å². The summed E-state index contributed by atoms with van der Waals surface area (Å²) in [5, 5.41) is 0. The molecule has 0 aliphatic carbocycles. The van der Waals surface area contributed by atoms with Crippen molar-refractivity contribution in [3.05, 3.63) is 28.2 Å². The summed E-state index contributed by atoms with van der Waals surface area (Å²) < 4.78 is 0.929. The summed E-state index contributed by atoms with van der Waals surface area (Å²) in [4.78, 5) is 40.0. The monoisotopic (exact) mass is 381 g/mol. The highest BCUT2D eigenvalue weighted by Crippen LogP contribution is 2.24. The van der Waals surface area contributed by atoms with Crippen LogP contribution in [-0.4, -0.2) is 60.7 Å². The molecule has 6 nitrogen and oxygen atoms in total. The van der Waals surface area contributed by atoms with Crippen LogP contribution in [0.3, 0.4) is 0 Å². The van der Waals surface area contributed by atoms with Gasteiger partial charge in [-0.25, -0.2) is 0 Å². The molecule has 0 saturated carbocycles. The van der Waals surface area contributed by atoms with Crippen molar-refractivity contribution >= 4 is 39.8 Å². The topological polar surface area (TPSA) is 60.9 Å². The lowest BCUT2D eigenvalue weighted by Gasteiger charge is -2.34. The van der Waals surface area contributed by atoms with Crippen LogP contribution in [0.1, 0.15) is 12.5 Å². The molecule has 1 aliphatic rings. The maximum Gasteiger partial charge on any atom is 0.242 e. The number of nitrogens with zero attached hydrogens (tertiary/aromatic N) is 3. The number of piperazine rings is 1. The van der Waals surface area contributed by atoms with E-state index in [4.69, 9.17) is 0 Å². The Labute approximate surface area is 144 Å². The van der Waals surface area contributed by atoms with Gasteiger partial charge in [-0.05, 0) is 30.7 Å². The maximum absolute atomic E-state index is 12.5. The molecular weight excluding hydrogens is 362 g/mol. The second-order valence-electron chi connectivity index (χ2n) is 5.56. The van der Waals surface area contributed by atoms with Crippen LogP contribution in [0, 0.1) is 6.92 Å². The molecule has 0 atom stereocenters. The largest absolute Gasteiger partial charge is 0.342 e. The summed E-state index contributed by atoms with van der Waals surface area (Å²) in [6.07, 6.45) is 0.800. The molecule has 0 radical (unpaired) electrons. The van der Waals surface area contributed by atoms with E-state index in [0.29, 0.717) is 26.2 Å². The second kappa shape index (κ2) is 7.59. The molecule has 1 heterocycles. The number of carbonyl (C=O) groups is 3. The molecule has 1 aromatic rings. The van der Waals surface area contributed by atoms with Crippen molar-refractivity contribution in [1.82, 2.24) is 9.80 Å². The van der Waals surface area contributed by atoms with E-state index in [9.17, 15) is 14.4 Å². The third-order valence-electron chi connectivity index (χ3n) is 3.94. The van der Waals surface area contributed by atoms with E-state index in [0.717, 1.165) is 22.1 Å². The molecule has 23 heavy (non-hydrogen) atoms. The van der Waals surface area contributed by atoms with Gasteiger partial charge in [0.25, 0.3) is 0 Å². The number of carbonyl (C=O) groups excluding carboxylic acids is 3. The third-order valence-corrected chi connectivity index (χ3v) is 4.43. The molecule has 0 unspecified atom stereocenters. The van der Waals surface area contributed by atoms with E-state index >= 15 is 0 Å². The summed E-state index contributed by atoms with van der Waals surface area (Å²) >= 11 is 3.40. The molecule has 0 aromatic heterocycles. The van der Waals surface area contributed by atoms with Crippen LogP contribution in [-0.2, 0) is 14.4 Å². The van der Waals surface area contributed by atoms with Crippen molar-refractivity contribution in [2.75, 3.05) is 37.6 Å². The van der Waals surface area contributed by atoms with Gasteiger partial charge in [0.2, 0.25) is 18.2 Å². The highest BCUT2D eigenvalue weighted by atomic mass is 79.9. The third kappa shape index (κ3) is 4.31. The van der Waals surface area contributed by atoms with Crippen LogP contribution in [0.5, 0.6) is 0 Å². The van der Waals surface area contributed by atoms with Crippen molar-refractivity contribution in [2.24, 2.45) is 0 Å². The first kappa shape index (κ1) is 17.5. The number of aryl methyl sites for hydroxylation is 1. The van der Waals surface area contributed by atoms with Gasteiger partial charge in [-0.2, -0.15) is 0 Å². The van der Waals surface area contributed by atoms with Crippen LogP contribution >= 0.6 is 15.9 Å². The Balaban J connectivity index is 2.09. The zero-order valence-electron chi connectivity index (χ0n) is 13.3. The van der Waals surface area contributed by atoms with Crippen molar-refractivity contribution in [3.8, 4) is 0 Å². The van der Waals surface area contributed by atoms with Gasteiger partial charge in [0.15, 0.2) is 0 Å². The summed E-state index contributed by atoms with van der Waals surface area (Å²) in [7, 11) is 0. The molecule has 1 fully saturated rings. The number of amides is 3. The summed E-state index contributed by atoms with van der Waals surface area (Å²) in [6, 6.07) is 5.60. The fourth-order valence-corrected chi connectivity index (χ4v) is 3.08. The molecule has 7 heteroatoms. The van der Waals surface area contributed by atoms with E-state index in [1.807, 2.05) is 25.1 Å². The number of hydrogen-bond acceptors (Lipinski definition) is 3. The van der Waals surface area contributed by atoms with Gasteiger partial charge >= 0.3 is 0 Å². The van der Waals surface area contributed by atoms with E-state index in [-0.39, 0.29) is 18.4 Å². The normalized spacial score (nSPS) is 14.6. The van der Waals surface area contributed by atoms with Gasteiger partial charge in [-0.1, -0.05) is 15.9 Å². The van der Waals surface area contributed by atoms with Crippen LogP contribution in [0.15, 0.2) is 22.7 Å². The van der Waals surface area contributed by atoms with E-state index < -0.39 is 0 Å². The van der Waals surface area contributed by atoms with Gasteiger partial charge in [0.1, 0.15) is 6.54 Å². The highest BCUT2D eigenvalue weighted by molar-refractivity contribution is 9.10. The van der Waals surface area contributed by atoms with Crippen LogP contribution in [0.2, 0.25) is 0 Å². The Morgan fingerprint density at radius 1 is 1.26 bits per heavy atom. The Morgan fingerprint density at radius 2 is 1.91 bits per heavy atom. The minimum absolute atomic E-state index is 0.0128. The van der Waals surface area contributed by atoms with E-state index in [1.165, 1.54) is 11.8 Å². The standard InChI is InChI=1S/C16H20BrN3O3/c1-12-9-14(17)3-4-15(12)20(13(2)22)10-16(23)19-7-5-18(11-21)6-8-19/h3-4,9,11H,5-8,10H2,1-2H3. The number of rotatable bonds is 4. The lowest BCUT2D eigenvalue weighted by Crippen LogP contribution is -2.51. The Kier molecular flexibility index (Phi) is 5.76. The fourth-order valence-electron chi connectivity index (χ4n) is 2.60. The maximum atomic E-state index is 12.5. The smallest absolute Gasteiger partial charge is 0.242 e. The van der Waals surface area contributed by atoms with Gasteiger partial charge in [-0.3, -0.25) is 14.4 Å². The second-order valence-corrected chi connectivity index (χ2v) is 6.47. The Bertz CT molecular complexity index is 613. The van der Waals surface area contributed by atoms with Gasteiger partial charge in [0, 0.05) is 43.3 Å². The summed E-state index contributed by atoms with van der Waals surface area (Å²) in [6.45, 7) is 5.45. The molecule has 1 aliphatic heterocycles. The Hall–Kier alpha value is -1.89. The molecule has 1 aromatic carbocycles. The van der Waals surface area contributed by atoms with Crippen LogP contribution in [0.4, 0.5) is 5.69 Å². The zero-order valence-corrected chi connectivity index (χ0v) is 14.9. The Morgan fingerprint density at radius 3 is 2.43 bits per heavy atom. The molecule has 0 bridgehead atoms. The molecule has 0 N–H and O–H groups in total. The summed E-state index contributed by atoms with van der Waals surface area (Å²) in [5.41, 5.74) is 1.66. The van der Waals surface area contributed by atoms with Gasteiger partial charge < -0.3 is 14.7 Å². The lowest BCUT2D eigenvalue weighted by molar-refractivity contribution is -0.134. The first-order chi connectivity index (χ1) is 10.9. The SMILES string of the molecule is CC(=O)N(CC(=O)N1CCN(C=O)CC1)c1ccc(Br)cc1C. The predicted molar refractivity (Wildman–Crippen MR) is 91.1 cm³/mol. The van der Waals surface area contributed by atoms with E-state index in [1.54, 1.807) is 9.80 Å². The summed E-state index contributed by atoms with van der Waals surface area (Å²) in [5.74, 6) is -0.275. The minimum atomic E-state index is -0.171. The van der Waals surface area contributed by atoms with Gasteiger partial charge in [0.05, 0.1) is 0 Å². The van der Waals surface area contributed by atoms with Gasteiger partial charge in [-0.15, -0.1) is 0 Å². The molecule has 124 valence electrons. The molecule has 3 amide bonds. The first-order valence-corrected chi connectivity index (χ1v) is 8.23. The predicted octanol–water partition coefficient (Wildman–Crippen LogP) is 1.41.